The molecule has 0 amide bonds. The molecule has 1 N–H and O–H groups in total. The first-order valence-corrected chi connectivity index (χ1v) is 6.14. The maximum atomic E-state index is 4.37. The summed E-state index contributed by atoms with van der Waals surface area (Å²) in [6.07, 6.45) is 5.43. The van der Waals surface area contributed by atoms with Crippen LogP contribution in [0.25, 0.3) is 0 Å². The standard InChI is InChI=1S/C14H17N3/c1-17-9-8-14(16-17)15-13-7-6-11-4-2-3-5-12(11)10-13/h2-5,8-9,13H,6-7,10H2,1H3,(H,15,16). The Balaban J connectivity index is 1.72. The molecule has 0 spiro atoms. The van der Waals surface area contributed by atoms with Gasteiger partial charge >= 0.3 is 0 Å². The van der Waals surface area contributed by atoms with Crippen molar-refractivity contribution in [3.05, 3.63) is 47.7 Å². The van der Waals surface area contributed by atoms with Gasteiger partial charge in [-0.05, 0) is 30.4 Å². The molecule has 2 aromatic rings. The average Bonchev–Trinajstić information content (AvgIpc) is 2.75. The lowest BCUT2D eigenvalue weighted by Gasteiger charge is -2.25. The van der Waals surface area contributed by atoms with Crippen LogP contribution in [0.3, 0.4) is 0 Å². The maximum Gasteiger partial charge on any atom is 0.148 e. The average molecular weight is 227 g/mol. The van der Waals surface area contributed by atoms with Crippen molar-refractivity contribution in [2.75, 3.05) is 5.32 Å². The van der Waals surface area contributed by atoms with Crippen molar-refractivity contribution in [3.8, 4) is 0 Å². The summed E-state index contributed by atoms with van der Waals surface area (Å²) in [6.45, 7) is 0. The van der Waals surface area contributed by atoms with Crippen molar-refractivity contribution in [2.45, 2.75) is 25.3 Å². The molecule has 17 heavy (non-hydrogen) atoms. The number of nitrogens with zero attached hydrogens (tertiary/aromatic N) is 2. The third-order valence-corrected chi connectivity index (χ3v) is 3.41. The molecule has 0 aliphatic heterocycles. The van der Waals surface area contributed by atoms with Gasteiger partial charge in [0.05, 0.1) is 0 Å². The summed E-state index contributed by atoms with van der Waals surface area (Å²) >= 11 is 0. The number of nitrogens with one attached hydrogen (secondary N) is 1. The van der Waals surface area contributed by atoms with Gasteiger partial charge in [0.15, 0.2) is 0 Å². The summed E-state index contributed by atoms with van der Waals surface area (Å²) in [6, 6.07) is 11.3. The Morgan fingerprint density at radius 2 is 2.06 bits per heavy atom. The van der Waals surface area contributed by atoms with E-state index in [-0.39, 0.29) is 0 Å². The van der Waals surface area contributed by atoms with Gasteiger partial charge in [0.2, 0.25) is 0 Å². The Morgan fingerprint density at radius 3 is 2.82 bits per heavy atom. The lowest BCUT2D eigenvalue weighted by molar-refractivity contribution is 0.606. The number of aryl methyl sites for hydroxylation is 2. The molecule has 1 unspecified atom stereocenters. The van der Waals surface area contributed by atoms with E-state index in [4.69, 9.17) is 0 Å². The summed E-state index contributed by atoms with van der Waals surface area (Å²) in [5.41, 5.74) is 2.98. The summed E-state index contributed by atoms with van der Waals surface area (Å²) in [7, 11) is 1.95. The van der Waals surface area contributed by atoms with E-state index in [1.165, 1.54) is 24.0 Å². The Morgan fingerprint density at radius 1 is 1.24 bits per heavy atom. The lowest BCUT2D eigenvalue weighted by Crippen LogP contribution is -2.27. The van der Waals surface area contributed by atoms with Gasteiger partial charge in [-0.25, -0.2) is 0 Å². The van der Waals surface area contributed by atoms with Crippen LogP contribution in [0.2, 0.25) is 0 Å². The fourth-order valence-corrected chi connectivity index (χ4v) is 2.52. The van der Waals surface area contributed by atoms with E-state index in [2.05, 4.69) is 34.7 Å². The normalized spacial score (nSPS) is 18.8. The molecule has 3 heteroatoms. The summed E-state index contributed by atoms with van der Waals surface area (Å²) in [5.74, 6) is 0.983. The van der Waals surface area contributed by atoms with E-state index in [1.54, 1.807) is 0 Å². The number of benzene rings is 1. The van der Waals surface area contributed by atoms with Crippen LogP contribution in [0.4, 0.5) is 5.82 Å². The van der Waals surface area contributed by atoms with Gasteiger partial charge in [-0.1, -0.05) is 24.3 Å². The van der Waals surface area contributed by atoms with Gasteiger partial charge in [0, 0.05) is 25.4 Å². The Kier molecular flexibility index (Phi) is 2.59. The van der Waals surface area contributed by atoms with Gasteiger partial charge in [0.1, 0.15) is 5.82 Å². The number of aromatic nitrogens is 2. The second-order valence-corrected chi connectivity index (χ2v) is 4.73. The first-order valence-electron chi connectivity index (χ1n) is 6.14. The molecule has 0 radical (unpaired) electrons. The monoisotopic (exact) mass is 227 g/mol. The van der Waals surface area contributed by atoms with Gasteiger partial charge in [0.25, 0.3) is 0 Å². The van der Waals surface area contributed by atoms with Crippen LogP contribution in [0.15, 0.2) is 36.5 Å². The predicted octanol–water partition coefficient (Wildman–Crippen LogP) is 2.39. The van der Waals surface area contributed by atoms with E-state index in [9.17, 15) is 0 Å². The van der Waals surface area contributed by atoms with Crippen molar-refractivity contribution in [2.24, 2.45) is 7.05 Å². The zero-order valence-corrected chi connectivity index (χ0v) is 10.1. The number of fused-ring (bicyclic) bond motifs is 1. The molecule has 3 rings (SSSR count). The quantitative estimate of drug-likeness (QED) is 0.853. The van der Waals surface area contributed by atoms with E-state index < -0.39 is 0 Å². The Labute approximate surface area is 101 Å². The van der Waals surface area contributed by atoms with Crippen molar-refractivity contribution >= 4 is 5.82 Å². The second-order valence-electron chi connectivity index (χ2n) is 4.73. The van der Waals surface area contributed by atoms with Crippen molar-refractivity contribution < 1.29 is 0 Å². The minimum absolute atomic E-state index is 0.514. The fourth-order valence-electron chi connectivity index (χ4n) is 2.52. The second kappa shape index (κ2) is 4.24. The number of hydrogen-bond acceptors (Lipinski definition) is 2. The van der Waals surface area contributed by atoms with Crippen LogP contribution >= 0.6 is 0 Å². The molecule has 0 fully saturated rings. The topological polar surface area (TPSA) is 29.9 Å². The van der Waals surface area contributed by atoms with E-state index in [1.807, 2.05) is 24.0 Å². The molecule has 88 valence electrons. The molecule has 1 aromatic heterocycles. The molecular weight excluding hydrogens is 210 g/mol. The number of anilines is 1. The minimum Gasteiger partial charge on any atom is -0.366 e. The number of hydrogen-bond donors (Lipinski definition) is 1. The number of rotatable bonds is 2. The third kappa shape index (κ3) is 2.18. The summed E-state index contributed by atoms with van der Waals surface area (Å²) < 4.78 is 1.83. The highest BCUT2D eigenvalue weighted by molar-refractivity contribution is 5.37. The van der Waals surface area contributed by atoms with Crippen LogP contribution < -0.4 is 5.32 Å². The molecule has 1 aliphatic rings. The van der Waals surface area contributed by atoms with Crippen molar-refractivity contribution in [1.29, 1.82) is 0 Å². The molecule has 0 saturated carbocycles. The van der Waals surface area contributed by atoms with E-state index in [0.717, 1.165) is 12.2 Å². The van der Waals surface area contributed by atoms with Gasteiger partial charge in [-0.3, -0.25) is 4.68 Å². The van der Waals surface area contributed by atoms with Crippen LogP contribution in [0, 0.1) is 0 Å². The molecule has 3 nitrogen and oxygen atoms in total. The highest BCUT2D eigenvalue weighted by atomic mass is 15.3. The van der Waals surface area contributed by atoms with Gasteiger partial charge < -0.3 is 5.32 Å². The molecule has 1 heterocycles. The molecule has 0 bridgehead atoms. The summed E-state index contributed by atoms with van der Waals surface area (Å²) in [5, 5.41) is 7.88. The van der Waals surface area contributed by atoms with Crippen LogP contribution in [0.1, 0.15) is 17.5 Å². The fraction of sp³-hybridized carbons (Fsp3) is 0.357. The highest BCUT2D eigenvalue weighted by Crippen LogP contribution is 2.22. The summed E-state index contributed by atoms with van der Waals surface area (Å²) in [4.78, 5) is 0. The highest BCUT2D eigenvalue weighted by Gasteiger charge is 2.18. The largest absolute Gasteiger partial charge is 0.366 e. The van der Waals surface area contributed by atoms with Crippen LogP contribution in [0.5, 0.6) is 0 Å². The first kappa shape index (κ1) is 10.4. The van der Waals surface area contributed by atoms with E-state index in [0.29, 0.717) is 6.04 Å². The first-order chi connectivity index (χ1) is 8.31. The smallest absolute Gasteiger partial charge is 0.148 e. The molecular formula is C14H17N3. The molecule has 0 saturated heterocycles. The molecule has 1 aromatic carbocycles. The lowest BCUT2D eigenvalue weighted by atomic mass is 9.88. The zero-order chi connectivity index (χ0) is 11.7. The predicted molar refractivity (Wildman–Crippen MR) is 69.1 cm³/mol. The Bertz CT molecular complexity index is 516. The third-order valence-electron chi connectivity index (χ3n) is 3.41. The maximum absolute atomic E-state index is 4.37. The SMILES string of the molecule is Cn1ccc(NC2CCc3ccccc3C2)n1. The van der Waals surface area contributed by atoms with E-state index >= 15 is 0 Å². The van der Waals surface area contributed by atoms with Gasteiger partial charge in [-0.15, -0.1) is 0 Å². The van der Waals surface area contributed by atoms with Crippen molar-refractivity contribution in [1.82, 2.24) is 9.78 Å². The van der Waals surface area contributed by atoms with Crippen molar-refractivity contribution in [3.63, 3.8) is 0 Å². The van der Waals surface area contributed by atoms with Crippen LogP contribution in [-0.4, -0.2) is 15.8 Å². The Hall–Kier alpha value is -1.77. The zero-order valence-electron chi connectivity index (χ0n) is 10.1. The molecule has 1 atom stereocenters. The minimum atomic E-state index is 0.514. The van der Waals surface area contributed by atoms with Crippen LogP contribution in [-0.2, 0) is 19.9 Å². The van der Waals surface area contributed by atoms with Gasteiger partial charge in [-0.2, -0.15) is 5.10 Å². The molecule has 1 aliphatic carbocycles.